The van der Waals surface area contributed by atoms with Crippen LogP contribution in [0.4, 0.5) is 0 Å². The van der Waals surface area contributed by atoms with Crippen LogP contribution in [0.3, 0.4) is 0 Å². The lowest BCUT2D eigenvalue weighted by Gasteiger charge is -2.24. The maximum absolute atomic E-state index is 13.7. The molecule has 3 atom stereocenters. The SMILES string of the molecule is Cc1cc(O)cc(C)c1C[C@H](N)C(=O)N[C@H](CCCN=C(N)N)C(=O)N[C@@H](Cc1ccc(-c2ccccc2)cc1)C(=O)NCC(N)=O. The van der Waals surface area contributed by atoms with E-state index in [2.05, 4.69) is 20.9 Å². The number of nitrogens with one attached hydrogen (secondary N) is 3. The van der Waals surface area contributed by atoms with Crippen molar-refractivity contribution in [3.05, 3.63) is 89.0 Å². The summed E-state index contributed by atoms with van der Waals surface area (Å²) in [4.78, 5) is 55.4. The standard InChI is InChI=1S/C34H44N8O5/c1-20-15-25(43)16-21(2)26(20)18-27(35)31(45)41-28(9-6-14-39-34(37)38)33(47)42-29(32(46)40-19-30(36)44)17-22-10-12-24(13-11-22)23-7-4-3-5-8-23/h3-5,7-8,10-13,15-16,27-29,43H,6,9,14,17-19,35H2,1-2H3,(H2,36,44)(H,40,46)(H,41,45)(H,42,47)(H4,37,38,39)/t27-,28+,29-/m0/s1. The molecule has 4 amide bonds. The molecule has 47 heavy (non-hydrogen) atoms. The van der Waals surface area contributed by atoms with Crippen molar-refractivity contribution in [2.75, 3.05) is 13.1 Å². The molecule has 3 aromatic rings. The van der Waals surface area contributed by atoms with Gasteiger partial charge >= 0.3 is 0 Å². The molecular formula is C34H44N8O5. The second-order valence-corrected chi connectivity index (χ2v) is 11.4. The van der Waals surface area contributed by atoms with Gasteiger partial charge < -0.3 is 44.0 Å². The first-order chi connectivity index (χ1) is 22.3. The zero-order valence-electron chi connectivity index (χ0n) is 26.7. The maximum Gasteiger partial charge on any atom is 0.243 e. The number of phenolic OH excluding ortho intramolecular Hbond substituents is 1. The molecule has 0 unspecified atom stereocenters. The number of primary amides is 1. The lowest BCUT2D eigenvalue weighted by atomic mass is 9.95. The summed E-state index contributed by atoms with van der Waals surface area (Å²) in [5.74, 6) is -2.57. The number of carbonyl (C=O) groups excluding carboxylic acids is 4. The van der Waals surface area contributed by atoms with E-state index >= 15 is 0 Å². The molecule has 12 N–H and O–H groups in total. The Kier molecular flexibility index (Phi) is 13.3. The smallest absolute Gasteiger partial charge is 0.243 e. The molecule has 0 aliphatic heterocycles. The van der Waals surface area contributed by atoms with Crippen LogP contribution in [-0.2, 0) is 32.0 Å². The van der Waals surface area contributed by atoms with Crippen LogP contribution in [0, 0.1) is 13.8 Å². The number of guanidine groups is 1. The Morgan fingerprint density at radius 1 is 0.787 bits per heavy atom. The molecule has 250 valence electrons. The van der Waals surface area contributed by atoms with Crippen molar-refractivity contribution in [3.63, 3.8) is 0 Å². The Bertz CT molecular complexity index is 1550. The molecule has 3 rings (SSSR count). The molecule has 13 nitrogen and oxygen atoms in total. The number of aliphatic imine (C=N–C) groups is 1. The molecule has 0 bridgehead atoms. The van der Waals surface area contributed by atoms with Gasteiger partial charge in [0.2, 0.25) is 23.6 Å². The molecule has 0 aromatic heterocycles. The van der Waals surface area contributed by atoms with Crippen LogP contribution in [0.2, 0.25) is 0 Å². The summed E-state index contributed by atoms with van der Waals surface area (Å²) in [6.07, 6.45) is 0.739. The number of aryl methyl sites for hydroxylation is 2. The Balaban J connectivity index is 1.79. The quantitative estimate of drug-likeness (QED) is 0.0615. The number of nitrogens with zero attached hydrogens (tertiary/aromatic N) is 1. The highest BCUT2D eigenvalue weighted by atomic mass is 16.3. The molecular weight excluding hydrogens is 600 g/mol. The average Bonchev–Trinajstić information content (AvgIpc) is 3.03. The van der Waals surface area contributed by atoms with E-state index < -0.39 is 48.3 Å². The monoisotopic (exact) mass is 644 g/mol. The first kappa shape index (κ1) is 36.0. The predicted octanol–water partition coefficient (Wildman–Crippen LogP) is 0.413. The number of hydrogen-bond acceptors (Lipinski definition) is 7. The van der Waals surface area contributed by atoms with Gasteiger partial charge in [0.1, 0.15) is 17.8 Å². The molecule has 13 heteroatoms. The van der Waals surface area contributed by atoms with Crippen LogP contribution in [0.1, 0.15) is 35.1 Å². The van der Waals surface area contributed by atoms with Crippen molar-refractivity contribution in [1.82, 2.24) is 16.0 Å². The number of carbonyl (C=O) groups is 4. The van der Waals surface area contributed by atoms with Gasteiger partial charge in [-0.25, -0.2) is 0 Å². The lowest BCUT2D eigenvalue weighted by Crippen LogP contribution is -2.57. The highest BCUT2D eigenvalue weighted by molar-refractivity contribution is 5.94. The van der Waals surface area contributed by atoms with Crippen LogP contribution in [0.15, 0.2) is 71.7 Å². The Hall–Kier alpha value is -5.43. The van der Waals surface area contributed by atoms with Crippen molar-refractivity contribution in [1.29, 1.82) is 0 Å². The number of benzene rings is 3. The molecule has 3 aromatic carbocycles. The Morgan fingerprint density at radius 2 is 1.38 bits per heavy atom. The van der Waals surface area contributed by atoms with E-state index in [0.717, 1.165) is 33.4 Å². The van der Waals surface area contributed by atoms with Gasteiger partial charge in [-0.1, -0.05) is 54.6 Å². The third-order valence-electron chi connectivity index (χ3n) is 7.59. The molecule has 0 saturated carbocycles. The number of phenols is 1. The zero-order valence-corrected chi connectivity index (χ0v) is 26.7. The summed E-state index contributed by atoms with van der Waals surface area (Å²) < 4.78 is 0. The summed E-state index contributed by atoms with van der Waals surface area (Å²) in [6, 6.07) is 17.3. The molecule has 0 radical (unpaired) electrons. The van der Waals surface area contributed by atoms with Crippen molar-refractivity contribution in [2.24, 2.45) is 27.9 Å². The third kappa shape index (κ3) is 11.5. The van der Waals surface area contributed by atoms with Gasteiger partial charge in [-0.15, -0.1) is 0 Å². The van der Waals surface area contributed by atoms with Crippen LogP contribution >= 0.6 is 0 Å². The lowest BCUT2D eigenvalue weighted by molar-refractivity contribution is -0.133. The fourth-order valence-electron chi connectivity index (χ4n) is 5.13. The second kappa shape index (κ2) is 17.3. The largest absolute Gasteiger partial charge is 0.508 e. The molecule has 0 aliphatic rings. The number of amides is 4. The summed E-state index contributed by atoms with van der Waals surface area (Å²) in [7, 11) is 0. The molecule has 0 heterocycles. The summed E-state index contributed by atoms with van der Waals surface area (Å²) in [6.45, 7) is 3.41. The van der Waals surface area contributed by atoms with E-state index in [1.807, 2.05) is 68.4 Å². The highest BCUT2D eigenvalue weighted by Gasteiger charge is 2.29. The molecule has 0 spiro atoms. The highest BCUT2D eigenvalue weighted by Crippen LogP contribution is 2.22. The van der Waals surface area contributed by atoms with Crippen molar-refractivity contribution in [2.45, 2.75) is 57.7 Å². The number of aromatic hydroxyl groups is 1. The van der Waals surface area contributed by atoms with E-state index in [1.165, 1.54) is 0 Å². The number of hydrogen-bond donors (Lipinski definition) is 8. The predicted molar refractivity (Wildman–Crippen MR) is 181 cm³/mol. The number of nitrogens with two attached hydrogens (primary N) is 4. The minimum Gasteiger partial charge on any atom is -0.508 e. The molecule has 0 fully saturated rings. The summed E-state index contributed by atoms with van der Waals surface area (Å²) >= 11 is 0. The normalized spacial score (nSPS) is 12.7. The maximum atomic E-state index is 13.7. The van der Waals surface area contributed by atoms with E-state index in [-0.39, 0.29) is 37.5 Å². The fourth-order valence-corrected chi connectivity index (χ4v) is 5.13. The van der Waals surface area contributed by atoms with Gasteiger partial charge in [0.25, 0.3) is 0 Å². The summed E-state index contributed by atoms with van der Waals surface area (Å²) in [5, 5.41) is 17.8. The zero-order chi connectivity index (χ0) is 34.5. The van der Waals surface area contributed by atoms with Crippen LogP contribution in [0.25, 0.3) is 11.1 Å². The van der Waals surface area contributed by atoms with E-state index in [1.54, 1.807) is 12.1 Å². The van der Waals surface area contributed by atoms with Gasteiger partial charge in [-0.2, -0.15) is 0 Å². The minimum absolute atomic E-state index is 0.0962. The van der Waals surface area contributed by atoms with Gasteiger partial charge in [-0.3, -0.25) is 24.2 Å². The molecule has 0 aliphatic carbocycles. The van der Waals surface area contributed by atoms with Crippen molar-refractivity contribution in [3.8, 4) is 16.9 Å². The Morgan fingerprint density at radius 3 is 1.98 bits per heavy atom. The average molecular weight is 645 g/mol. The van der Waals surface area contributed by atoms with Crippen molar-refractivity contribution >= 4 is 29.6 Å². The Labute approximate surface area is 274 Å². The van der Waals surface area contributed by atoms with Gasteiger partial charge in [0.05, 0.1) is 12.6 Å². The van der Waals surface area contributed by atoms with Gasteiger partial charge in [0.15, 0.2) is 5.96 Å². The topological polar surface area (TPSA) is 241 Å². The van der Waals surface area contributed by atoms with Gasteiger partial charge in [-0.05, 0) is 78.6 Å². The second-order valence-electron chi connectivity index (χ2n) is 11.4. The minimum atomic E-state index is -1.10. The van der Waals surface area contributed by atoms with Crippen LogP contribution < -0.4 is 38.9 Å². The van der Waals surface area contributed by atoms with E-state index in [0.29, 0.717) is 6.42 Å². The first-order valence-corrected chi connectivity index (χ1v) is 15.2. The van der Waals surface area contributed by atoms with Crippen LogP contribution in [0.5, 0.6) is 5.75 Å². The van der Waals surface area contributed by atoms with Crippen LogP contribution in [-0.4, -0.2) is 65.9 Å². The molecule has 0 saturated heterocycles. The van der Waals surface area contributed by atoms with Gasteiger partial charge in [0, 0.05) is 13.0 Å². The third-order valence-corrected chi connectivity index (χ3v) is 7.59. The van der Waals surface area contributed by atoms with E-state index in [9.17, 15) is 24.3 Å². The van der Waals surface area contributed by atoms with Crippen molar-refractivity contribution < 1.29 is 24.3 Å². The fraction of sp³-hybridized carbons (Fsp3) is 0.324. The first-order valence-electron chi connectivity index (χ1n) is 15.2. The van der Waals surface area contributed by atoms with E-state index in [4.69, 9.17) is 22.9 Å². The number of rotatable bonds is 16. The summed E-state index contributed by atoms with van der Waals surface area (Å²) in [5.41, 5.74) is 27.5.